The fraction of sp³-hybridized carbons (Fsp3) is 0.353. The molecular weight excluding hydrogens is 364 g/mol. The van der Waals surface area contributed by atoms with Gasteiger partial charge in [0.2, 0.25) is 17.1 Å². The summed E-state index contributed by atoms with van der Waals surface area (Å²) < 4.78 is 7.23. The Hall–Kier alpha value is -2.88. The Morgan fingerprint density at radius 3 is 2.70 bits per heavy atom. The van der Waals surface area contributed by atoms with Gasteiger partial charge in [-0.1, -0.05) is 30.0 Å². The predicted molar refractivity (Wildman–Crippen MR) is 106 cm³/mol. The molecule has 0 saturated heterocycles. The molecule has 0 aliphatic heterocycles. The second-order valence-corrected chi connectivity index (χ2v) is 6.73. The third-order valence-electron chi connectivity index (χ3n) is 3.35. The van der Waals surface area contributed by atoms with Gasteiger partial charge >= 0.3 is 0 Å². The highest BCUT2D eigenvalue weighted by atomic mass is 32.2. The summed E-state index contributed by atoms with van der Waals surface area (Å²) in [6.45, 7) is 3.28. The summed E-state index contributed by atoms with van der Waals surface area (Å²) in [7, 11) is 3.76. The van der Waals surface area contributed by atoms with Gasteiger partial charge in [0, 0.05) is 26.4 Å². The first kappa shape index (κ1) is 18.9. The highest BCUT2D eigenvalue weighted by Crippen LogP contribution is 2.16. The molecule has 3 aromatic rings. The Bertz CT molecular complexity index is 855. The maximum Gasteiger partial charge on any atom is 0.258 e. The van der Waals surface area contributed by atoms with Crippen LogP contribution >= 0.6 is 11.8 Å². The SMILES string of the molecule is CCNc1nc(N(C)C)nc(-n2cnc(SCCOc3ccccc3)n2)n1. The van der Waals surface area contributed by atoms with E-state index < -0.39 is 0 Å². The van der Waals surface area contributed by atoms with Crippen molar-refractivity contribution in [3.63, 3.8) is 0 Å². The monoisotopic (exact) mass is 386 g/mol. The van der Waals surface area contributed by atoms with Crippen LogP contribution in [0.25, 0.3) is 5.95 Å². The van der Waals surface area contributed by atoms with E-state index in [9.17, 15) is 0 Å². The summed E-state index contributed by atoms with van der Waals surface area (Å²) in [5.74, 6) is 3.07. The molecule has 142 valence electrons. The van der Waals surface area contributed by atoms with Gasteiger partial charge in [-0.3, -0.25) is 0 Å². The molecule has 0 saturated carbocycles. The zero-order chi connectivity index (χ0) is 19.1. The standard InChI is InChI=1S/C17H22N8OS/c1-4-18-14-20-15(24(2)3)22-16(21-14)25-12-19-17(23-25)27-11-10-26-13-8-6-5-7-9-13/h5-9,12H,4,10-11H2,1-3H3,(H,18,20,21,22). The molecule has 9 nitrogen and oxygen atoms in total. The summed E-state index contributed by atoms with van der Waals surface area (Å²) in [6.07, 6.45) is 1.60. The van der Waals surface area contributed by atoms with Gasteiger partial charge < -0.3 is 15.0 Å². The van der Waals surface area contributed by atoms with Crippen molar-refractivity contribution in [1.82, 2.24) is 29.7 Å². The Balaban J connectivity index is 1.63. The first-order valence-electron chi connectivity index (χ1n) is 8.55. The number of para-hydroxylation sites is 1. The van der Waals surface area contributed by atoms with Gasteiger partial charge in [-0.2, -0.15) is 19.6 Å². The number of aromatic nitrogens is 6. The van der Waals surface area contributed by atoms with Crippen molar-refractivity contribution in [2.45, 2.75) is 12.1 Å². The molecule has 0 bridgehead atoms. The van der Waals surface area contributed by atoms with E-state index in [2.05, 4.69) is 30.4 Å². The summed E-state index contributed by atoms with van der Waals surface area (Å²) >= 11 is 1.51. The van der Waals surface area contributed by atoms with Crippen LogP contribution in [0.2, 0.25) is 0 Å². The van der Waals surface area contributed by atoms with Gasteiger partial charge in [0.05, 0.1) is 6.61 Å². The van der Waals surface area contributed by atoms with Crippen molar-refractivity contribution in [3.8, 4) is 11.7 Å². The minimum absolute atomic E-state index is 0.421. The molecule has 2 heterocycles. The van der Waals surface area contributed by atoms with Crippen LogP contribution in [0, 0.1) is 0 Å². The quantitative estimate of drug-likeness (QED) is 0.438. The Kier molecular flexibility index (Phi) is 6.42. The van der Waals surface area contributed by atoms with E-state index in [-0.39, 0.29) is 0 Å². The van der Waals surface area contributed by atoms with E-state index in [1.165, 1.54) is 11.8 Å². The molecule has 0 atom stereocenters. The molecule has 1 N–H and O–H groups in total. The van der Waals surface area contributed by atoms with Crippen molar-refractivity contribution in [2.75, 3.05) is 43.2 Å². The zero-order valence-corrected chi connectivity index (χ0v) is 16.3. The summed E-state index contributed by atoms with van der Waals surface area (Å²) in [5.41, 5.74) is 0. The van der Waals surface area contributed by atoms with Crippen molar-refractivity contribution in [2.24, 2.45) is 0 Å². The number of nitrogens with zero attached hydrogens (tertiary/aromatic N) is 7. The van der Waals surface area contributed by atoms with Crippen LogP contribution < -0.4 is 15.0 Å². The average Bonchev–Trinajstić information content (AvgIpc) is 3.15. The third kappa shape index (κ3) is 5.30. The highest BCUT2D eigenvalue weighted by Gasteiger charge is 2.11. The molecule has 0 amide bonds. The van der Waals surface area contributed by atoms with Crippen LogP contribution in [0.3, 0.4) is 0 Å². The third-order valence-corrected chi connectivity index (χ3v) is 4.16. The first-order valence-corrected chi connectivity index (χ1v) is 9.54. The Labute approximate surface area is 162 Å². The number of thioether (sulfide) groups is 1. The van der Waals surface area contributed by atoms with Crippen LogP contribution in [-0.2, 0) is 0 Å². The lowest BCUT2D eigenvalue weighted by Gasteiger charge is -2.12. The first-order chi connectivity index (χ1) is 13.2. The van der Waals surface area contributed by atoms with Crippen molar-refractivity contribution < 1.29 is 4.74 Å². The van der Waals surface area contributed by atoms with E-state index >= 15 is 0 Å². The zero-order valence-electron chi connectivity index (χ0n) is 15.5. The normalized spacial score (nSPS) is 10.6. The van der Waals surface area contributed by atoms with Gasteiger partial charge in [0.15, 0.2) is 0 Å². The molecule has 0 aliphatic carbocycles. The second kappa shape index (κ2) is 9.17. The second-order valence-electron chi connectivity index (χ2n) is 5.67. The maximum absolute atomic E-state index is 5.67. The summed E-state index contributed by atoms with van der Waals surface area (Å²) in [5, 5.41) is 8.19. The molecule has 2 aromatic heterocycles. The topological polar surface area (TPSA) is 93.9 Å². The van der Waals surface area contributed by atoms with E-state index in [1.54, 1.807) is 11.0 Å². The van der Waals surface area contributed by atoms with Crippen molar-refractivity contribution in [3.05, 3.63) is 36.7 Å². The van der Waals surface area contributed by atoms with Crippen LogP contribution in [0.4, 0.5) is 11.9 Å². The van der Waals surface area contributed by atoms with Gasteiger partial charge in [-0.15, -0.1) is 5.10 Å². The van der Waals surface area contributed by atoms with Crippen molar-refractivity contribution in [1.29, 1.82) is 0 Å². The van der Waals surface area contributed by atoms with Gasteiger partial charge in [0.1, 0.15) is 12.1 Å². The Morgan fingerprint density at radius 1 is 1.15 bits per heavy atom. The minimum Gasteiger partial charge on any atom is -0.493 e. The number of ether oxygens (including phenoxy) is 1. The van der Waals surface area contributed by atoms with Crippen LogP contribution in [0.15, 0.2) is 41.8 Å². The molecule has 3 rings (SSSR count). The molecule has 10 heteroatoms. The molecule has 0 aliphatic rings. The number of nitrogens with one attached hydrogen (secondary N) is 1. The van der Waals surface area contributed by atoms with Gasteiger partial charge in [0.25, 0.3) is 5.95 Å². The maximum atomic E-state index is 5.67. The van der Waals surface area contributed by atoms with Gasteiger partial charge in [-0.25, -0.2) is 4.98 Å². The fourth-order valence-electron chi connectivity index (χ4n) is 2.11. The average molecular weight is 386 g/mol. The van der Waals surface area contributed by atoms with E-state index in [1.807, 2.05) is 56.3 Å². The fourth-order valence-corrected chi connectivity index (χ4v) is 2.73. The van der Waals surface area contributed by atoms with Crippen molar-refractivity contribution >= 4 is 23.7 Å². The molecule has 27 heavy (non-hydrogen) atoms. The highest BCUT2D eigenvalue weighted by molar-refractivity contribution is 7.99. The Morgan fingerprint density at radius 2 is 1.96 bits per heavy atom. The number of benzene rings is 1. The summed E-state index contributed by atoms with van der Waals surface area (Å²) in [4.78, 5) is 19.3. The lowest BCUT2D eigenvalue weighted by atomic mass is 10.3. The number of hydrogen-bond donors (Lipinski definition) is 1. The lowest BCUT2D eigenvalue weighted by molar-refractivity contribution is 0.344. The molecule has 0 radical (unpaired) electrons. The molecule has 1 aromatic carbocycles. The molecule has 0 fully saturated rings. The van der Waals surface area contributed by atoms with E-state index in [0.29, 0.717) is 29.6 Å². The lowest BCUT2D eigenvalue weighted by Crippen LogP contribution is -2.17. The molecule has 0 unspecified atom stereocenters. The number of hydrogen-bond acceptors (Lipinski definition) is 9. The number of anilines is 2. The summed E-state index contributed by atoms with van der Waals surface area (Å²) in [6, 6.07) is 9.72. The van der Waals surface area contributed by atoms with Crippen LogP contribution in [0.1, 0.15) is 6.92 Å². The largest absolute Gasteiger partial charge is 0.493 e. The van der Waals surface area contributed by atoms with Crippen LogP contribution in [-0.4, -0.2) is 62.7 Å². The number of rotatable bonds is 9. The molecule has 0 spiro atoms. The van der Waals surface area contributed by atoms with Crippen LogP contribution in [0.5, 0.6) is 5.75 Å². The van der Waals surface area contributed by atoms with E-state index in [0.717, 1.165) is 18.0 Å². The van der Waals surface area contributed by atoms with Gasteiger partial charge in [-0.05, 0) is 19.1 Å². The predicted octanol–water partition coefficient (Wildman–Crippen LogP) is 2.12. The minimum atomic E-state index is 0.421. The molecular formula is C17H22N8OS. The smallest absolute Gasteiger partial charge is 0.258 e. The van der Waals surface area contributed by atoms with E-state index in [4.69, 9.17) is 4.74 Å².